The van der Waals surface area contributed by atoms with Crippen molar-refractivity contribution in [1.29, 1.82) is 0 Å². The second-order valence-corrected chi connectivity index (χ2v) is 6.93. The van der Waals surface area contributed by atoms with E-state index in [-0.39, 0.29) is 17.5 Å². The number of amides is 1. The van der Waals surface area contributed by atoms with Gasteiger partial charge < -0.3 is 5.32 Å². The summed E-state index contributed by atoms with van der Waals surface area (Å²) in [6.45, 7) is 9.64. The third kappa shape index (κ3) is 4.23. The molecule has 0 bridgehead atoms. The Labute approximate surface area is 147 Å². The highest BCUT2D eigenvalue weighted by atomic mass is 16.6. The van der Waals surface area contributed by atoms with E-state index < -0.39 is 10.5 Å². The first kappa shape index (κ1) is 18.6. The predicted octanol–water partition coefficient (Wildman–Crippen LogP) is 3.48. The molecule has 0 spiro atoms. The maximum Gasteiger partial charge on any atom is 0.269 e. The van der Waals surface area contributed by atoms with Crippen LogP contribution in [0.1, 0.15) is 55.6 Å². The number of hydrogen-bond donors (Lipinski definition) is 2. The number of H-pyrrole nitrogens is 1. The van der Waals surface area contributed by atoms with Gasteiger partial charge in [0.2, 0.25) is 5.91 Å². The molecule has 0 saturated carbocycles. The van der Waals surface area contributed by atoms with E-state index in [0.29, 0.717) is 6.42 Å². The summed E-state index contributed by atoms with van der Waals surface area (Å²) in [5, 5.41) is 20.9. The molecule has 2 N–H and O–H groups in total. The molecular formula is C18H24N4O3. The molecule has 0 aliphatic heterocycles. The Bertz CT molecular complexity index is 759. The largest absolute Gasteiger partial charge is 0.347 e. The third-order valence-corrected chi connectivity index (χ3v) is 4.42. The molecule has 134 valence electrons. The van der Waals surface area contributed by atoms with Gasteiger partial charge in [0, 0.05) is 24.2 Å². The van der Waals surface area contributed by atoms with Crippen molar-refractivity contribution in [3.63, 3.8) is 0 Å². The third-order valence-electron chi connectivity index (χ3n) is 4.42. The maximum atomic E-state index is 12.5. The summed E-state index contributed by atoms with van der Waals surface area (Å²) < 4.78 is 0. The van der Waals surface area contributed by atoms with Gasteiger partial charge in [-0.3, -0.25) is 20.0 Å². The Hall–Kier alpha value is -2.70. The summed E-state index contributed by atoms with van der Waals surface area (Å²) in [6.07, 6.45) is 0.345. The lowest BCUT2D eigenvalue weighted by atomic mass is 9.92. The van der Waals surface area contributed by atoms with Gasteiger partial charge in [0.15, 0.2) is 0 Å². The minimum Gasteiger partial charge on any atom is -0.347 e. The number of aromatic nitrogens is 2. The van der Waals surface area contributed by atoms with Crippen LogP contribution < -0.4 is 5.32 Å². The van der Waals surface area contributed by atoms with Crippen molar-refractivity contribution in [3.05, 3.63) is 56.9 Å². The van der Waals surface area contributed by atoms with Crippen molar-refractivity contribution in [2.75, 3.05) is 0 Å². The Morgan fingerprint density at radius 1 is 1.32 bits per heavy atom. The summed E-state index contributed by atoms with van der Waals surface area (Å²) in [5.41, 5.74) is 3.19. The summed E-state index contributed by atoms with van der Waals surface area (Å²) in [6, 6.07) is 6.24. The molecule has 2 aromatic rings. The predicted molar refractivity (Wildman–Crippen MR) is 95.4 cm³/mol. The fourth-order valence-corrected chi connectivity index (χ4v) is 3.14. The van der Waals surface area contributed by atoms with Crippen molar-refractivity contribution in [2.45, 2.75) is 52.5 Å². The van der Waals surface area contributed by atoms with Gasteiger partial charge in [-0.1, -0.05) is 6.92 Å². The Kier molecular flexibility index (Phi) is 5.25. The van der Waals surface area contributed by atoms with Crippen LogP contribution in [-0.4, -0.2) is 21.0 Å². The molecule has 7 nitrogen and oxygen atoms in total. The van der Waals surface area contributed by atoms with E-state index in [9.17, 15) is 14.9 Å². The van der Waals surface area contributed by atoms with Gasteiger partial charge in [0.25, 0.3) is 5.69 Å². The molecule has 2 rings (SSSR count). The van der Waals surface area contributed by atoms with Crippen LogP contribution in [0.25, 0.3) is 0 Å². The average Bonchev–Trinajstić information content (AvgIpc) is 2.85. The molecule has 1 heterocycles. The number of aromatic amines is 1. The number of carbonyl (C=O) groups is 1. The van der Waals surface area contributed by atoms with Gasteiger partial charge in [-0.25, -0.2) is 0 Å². The topological polar surface area (TPSA) is 101 Å². The van der Waals surface area contributed by atoms with Crippen molar-refractivity contribution < 1.29 is 9.72 Å². The molecule has 0 radical (unpaired) electrons. The number of nitrogens with zero attached hydrogens (tertiary/aromatic N) is 2. The molecule has 0 aliphatic rings. The number of non-ortho nitro benzene ring substituents is 1. The van der Waals surface area contributed by atoms with Crippen LogP contribution in [-0.2, 0) is 10.3 Å². The quantitative estimate of drug-likeness (QED) is 0.619. The van der Waals surface area contributed by atoms with Gasteiger partial charge in [-0.2, -0.15) is 5.10 Å². The molecule has 1 amide bonds. The molecule has 0 fully saturated rings. The van der Waals surface area contributed by atoms with Gasteiger partial charge in [-0.15, -0.1) is 0 Å². The number of carbonyl (C=O) groups excluding carboxylic acids is 1. The molecule has 0 aliphatic carbocycles. The van der Waals surface area contributed by atoms with E-state index in [4.69, 9.17) is 0 Å². The lowest BCUT2D eigenvalue weighted by molar-refractivity contribution is -0.384. The Morgan fingerprint density at radius 2 is 1.92 bits per heavy atom. The second-order valence-electron chi connectivity index (χ2n) is 6.93. The molecular weight excluding hydrogens is 320 g/mol. The fraction of sp³-hybridized carbons (Fsp3) is 0.444. The molecule has 1 aromatic carbocycles. The number of hydrogen-bond acceptors (Lipinski definition) is 4. The van der Waals surface area contributed by atoms with Crippen molar-refractivity contribution in [2.24, 2.45) is 0 Å². The average molecular weight is 344 g/mol. The van der Waals surface area contributed by atoms with Gasteiger partial charge in [0.05, 0.1) is 16.2 Å². The highest BCUT2D eigenvalue weighted by Crippen LogP contribution is 2.26. The number of nitrogens with one attached hydrogen (secondary N) is 2. The summed E-state index contributed by atoms with van der Waals surface area (Å²) >= 11 is 0. The van der Waals surface area contributed by atoms with Crippen molar-refractivity contribution in [3.8, 4) is 0 Å². The van der Waals surface area contributed by atoms with E-state index in [1.54, 1.807) is 12.1 Å². The first-order valence-electron chi connectivity index (χ1n) is 8.19. The SMILES string of the molecule is Cc1n[nH]c(C)c1[C@@H](C)CC(=O)NC(C)(C)c1ccc([N+](=O)[O-])cc1. The molecule has 0 saturated heterocycles. The number of rotatable bonds is 6. The maximum absolute atomic E-state index is 12.5. The lowest BCUT2D eigenvalue weighted by Gasteiger charge is -2.27. The number of nitro groups is 1. The van der Waals surface area contributed by atoms with Crippen LogP contribution in [0, 0.1) is 24.0 Å². The van der Waals surface area contributed by atoms with Crippen LogP contribution in [0.5, 0.6) is 0 Å². The van der Waals surface area contributed by atoms with Gasteiger partial charge >= 0.3 is 0 Å². The molecule has 0 unspecified atom stereocenters. The van der Waals surface area contributed by atoms with E-state index in [1.165, 1.54) is 12.1 Å². The lowest BCUT2D eigenvalue weighted by Crippen LogP contribution is -2.41. The van der Waals surface area contributed by atoms with E-state index in [0.717, 1.165) is 22.5 Å². The zero-order chi connectivity index (χ0) is 18.8. The first-order chi connectivity index (χ1) is 11.6. The van der Waals surface area contributed by atoms with Crippen LogP contribution >= 0.6 is 0 Å². The smallest absolute Gasteiger partial charge is 0.269 e. The standard InChI is InChI=1S/C18H24N4O3/c1-11(17-12(2)20-21-13(17)3)10-16(23)19-18(4,5)14-6-8-15(9-7-14)22(24)25/h6-9,11H,10H2,1-5H3,(H,19,23)(H,20,21)/t11-/m0/s1. The van der Waals surface area contributed by atoms with E-state index in [1.807, 2.05) is 34.6 Å². The fourth-order valence-electron chi connectivity index (χ4n) is 3.14. The van der Waals surface area contributed by atoms with Crippen molar-refractivity contribution >= 4 is 11.6 Å². The van der Waals surface area contributed by atoms with Crippen LogP contribution in [0.3, 0.4) is 0 Å². The van der Waals surface area contributed by atoms with Crippen LogP contribution in [0.4, 0.5) is 5.69 Å². The highest BCUT2D eigenvalue weighted by Gasteiger charge is 2.25. The van der Waals surface area contributed by atoms with E-state index in [2.05, 4.69) is 15.5 Å². The Balaban J connectivity index is 2.06. The van der Waals surface area contributed by atoms with Gasteiger partial charge in [-0.05, 0) is 56.9 Å². The zero-order valence-corrected chi connectivity index (χ0v) is 15.2. The summed E-state index contributed by atoms with van der Waals surface area (Å²) in [4.78, 5) is 22.8. The molecule has 25 heavy (non-hydrogen) atoms. The number of nitro benzene ring substituents is 1. The van der Waals surface area contributed by atoms with E-state index >= 15 is 0 Å². The normalized spacial score (nSPS) is 12.7. The van der Waals surface area contributed by atoms with Crippen LogP contribution in [0.2, 0.25) is 0 Å². The monoisotopic (exact) mass is 344 g/mol. The second kappa shape index (κ2) is 7.04. The number of aryl methyl sites for hydroxylation is 2. The summed E-state index contributed by atoms with van der Waals surface area (Å²) in [5.74, 6) is -0.0257. The number of benzene rings is 1. The van der Waals surface area contributed by atoms with Crippen molar-refractivity contribution in [1.82, 2.24) is 15.5 Å². The van der Waals surface area contributed by atoms with Gasteiger partial charge in [0.1, 0.15) is 0 Å². The molecule has 1 atom stereocenters. The van der Waals surface area contributed by atoms with Crippen LogP contribution in [0.15, 0.2) is 24.3 Å². The minimum atomic E-state index is -0.619. The molecule has 7 heteroatoms. The summed E-state index contributed by atoms with van der Waals surface area (Å²) in [7, 11) is 0. The Morgan fingerprint density at radius 3 is 2.40 bits per heavy atom. The zero-order valence-electron chi connectivity index (χ0n) is 15.2. The highest BCUT2D eigenvalue weighted by molar-refractivity contribution is 5.78. The first-order valence-corrected chi connectivity index (χ1v) is 8.19. The molecule has 1 aromatic heterocycles. The minimum absolute atomic E-state index is 0.0328.